The van der Waals surface area contributed by atoms with Crippen LogP contribution in [0.1, 0.15) is 0 Å². The number of rotatable bonds is 0. The number of nitrogens with two attached hydrogens (primary N) is 1. The predicted molar refractivity (Wildman–Crippen MR) is 42.1 cm³/mol. The number of allylic oxidation sites excluding steroid dienone is 1. The van der Waals surface area contributed by atoms with Crippen LogP contribution in [0.5, 0.6) is 0 Å². The molecule has 2 aliphatic heterocycles. The average molecular weight is 165 g/mol. The third-order valence-corrected chi connectivity index (χ3v) is 1.47. The van der Waals surface area contributed by atoms with Crippen molar-refractivity contribution in [3.63, 3.8) is 0 Å². The van der Waals surface area contributed by atoms with Crippen LogP contribution in [0, 0.1) is 0 Å². The molecule has 6 nitrogen and oxygen atoms in total. The van der Waals surface area contributed by atoms with E-state index in [1.807, 2.05) is 0 Å². The van der Waals surface area contributed by atoms with Crippen LogP contribution in [0.2, 0.25) is 0 Å². The molecule has 0 aromatic heterocycles. The highest BCUT2D eigenvalue weighted by molar-refractivity contribution is 5.75. The zero-order chi connectivity index (χ0) is 8.55. The number of hydrazine groups is 2. The second-order valence-electron chi connectivity index (χ2n) is 2.29. The molecule has 3 N–H and O–H groups in total. The molecule has 62 valence electrons. The van der Waals surface area contributed by atoms with Gasteiger partial charge >= 0.3 is 6.03 Å². The number of nitrogens with one attached hydrogen (secondary N) is 1. The molecule has 2 heterocycles. The molecule has 6 heteroatoms. The average Bonchev–Trinajstić information content (AvgIpc) is 2.46. The first-order valence-electron chi connectivity index (χ1n) is 3.34. The molecule has 0 spiro atoms. The van der Waals surface area contributed by atoms with Gasteiger partial charge in [-0.3, -0.25) is 0 Å². The number of carbonyl (C=O) groups is 1. The van der Waals surface area contributed by atoms with E-state index in [0.717, 1.165) is 5.01 Å². The first-order chi connectivity index (χ1) is 5.77. The lowest BCUT2D eigenvalue weighted by molar-refractivity contribution is 0.172. The molecule has 2 aliphatic rings. The summed E-state index contributed by atoms with van der Waals surface area (Å²) in [5, 5.41) is 2.74. The molecule has 0 aromatic rings. The van der Waals surface area contributed by atoms with Gasteiger partial charge < -0.3 is 5.73 Å². The normalized spacial score (nSPS) is 19.5. The highest BCUT2D eigenvalue weighted by atomic mass is 16.2. The van der Waals surface area contributed by atoms with Crippen molar-refractivity contribution in [1.82, 2.24) is 15.6 Å². The van der Waals surface area contributed by atoms with Crippen molar-refractivity contribution in [2.24, 2.45) is 10.7 Å². The van der Waals surface area contributed by atoms with E-state index in [1.165, 1.54) is 6.20 Å². The fourth-order valence-electron chi connectivity index (χ4n) is 0.936. The van der Waals surface area contributed by atoms with Crippen molar-refractivity contribution in [2.75, 3.05) is 0 Å². The van der Waals surface area contributed by atoms with Gasteiger partial charge in [-0.15, -0.1) is 5.53 Å². The quantitative estimate of drug-likeness (QED) is 0.508. The van der Waals surface area contributed by atoms with Crippen LogP contribution in [-0.4, -0.2) is 22.3 Å². The van der Waals surface area contributed by atoms with E-state index in [1.54, 1.807) is 23.5 Å². The maximum absolute atomic E-state index is 10.7. The van der Waals surface area contributed by atoms with Gasteiger partial charge in [0.05, 0.1) is 6.20 Å². The first kappa shape index (κ1) is 6.86. The Morgan fingerprint density at radius 2 is 2.50 bits per heavy atom. The van der Waals surface area contributed by atoms with Gasteiger partial charge in [0.25, 0.3) is 0 Å². The molecule has 0 bridgehead atoms. The fourth-order valence-corrected chi connectivity index (χ4v) is 0.936. The Morgan fingerprint density at radius 1 is 1.67 bits per heavy atom. The lowest BCUT2D eigenvalue weighted by Gasteiger charge is -2.18. The van der Waals surface area contributed by atoms with Gasteiger partial charge in [0.15, 0.2) is 5.82 Å². The summed E-state index contributed by atoms with van der Waals surface area (Å²) in [6.07, 6.45) is 6.63. The molecule has 0 saturated carbocycles. The second kappa shape index (κ2) is 2.35. The Morgan fingerprint density at radius 3 is 3.17 bits per heavy atom. The second-order valence-corrected chi connectivity index (χ2v) is 2.29. The topological polar surface area (TPSA) is 74.0 Å². The highest BCUT2D eigenvalue weighted by Crippen LogP contribution is 2.14. The summed E-state index contributed by atoms with van der Waals surface area (Å²) < 4.78 is 0. The molecule has 0 radical (unpaired) electrons. The molecule has 0 atom stereocenters. The van der Waals surface area contributed by atoms with Crippen LogP contribution in [0.4, 0.5) is 4.79 Å². The number of hydrogen-bond acceptors (Lipinski definition) is 4. The maximum atomic E-state index is 10.7. The molecule has 0 aromatic carbocycles. The Labute approximate surface area is 68.6 Å². The molecule has 2 amide bonds. The van der Waals surface area contributed by atoms with Crippen molar-refractivity contribution in [3.8, 4) is 0 Å². The van der Waals surface area contributed by atoms with E-state index in [0.29, 0.717) is 5.82 Å². The molecule has 2 rings (SSSR count). The summed E-state index contributed by atoms with van der Waals surface area (Å²) in [4.78, 5) is 14.7. The Bertz CT molecular complexity index is 305. The number of hydrogen-bond donors (Lipinski definition) is 2. The van der Waals surface area contributed by atoms with E-state index < -0.39 is 6.03 Å². The van der Waals surface area contributed by atoms with E-state index in [2.05, 4.69) is 10.5 Å². The summed E-state index contributed by atoms with van der Waals surface area (Å²) in [5.41, 5.74) is 7.72. The predicted octanol–water partition coefficient (Wildman–Crippen LogP) is -0.501. The molecular formula is C6H7N5O. The van der Waals surface area contributed by atoms with Crippen LogP contribution in [0.25, 0.3) is 0 Å². The van der Waals surface area contributed by atoms with Gasteiger partial charge in [0.2, 0.25) is 0 Å². The SMILES string of the molecule is NC(=O)N1C=C2N=CC=CN2N1. The summed E-state index contributed by atoms with van der Waals surface area (Å²) in [7, 11) is 0. The van der Waals surface area contributed by atoms with Crippen LogP contribution in [0.3, 0.4) is 0 Å². The smallest absolute Gasteiger partial charge is 0.334 e. The minimum Gasteiger partial charge on any atom is -0.350 e. The van der Waals surface area contributed by atoms with Crippen molar-refractivity contribution in [1.29, 1.82) is 0 Å². The van der Waals surface area contributed by atoms with E-state index in [-0.39, 0.29) is 0 Å². The largest absolute Gasteiger partial charge is 0.350 e. The lowest BCUT2D eigenvalue weighted by atomic mass is 10.5. The number of fused-ring (bicyclic) bond motifs is 1. The van der Waals surface area contributed by atoms with E-state index in [4.69, 9.17) is 5.73 Å². The van der Waals surface area contributed by atoms with Gasteiger partial charge in [0.1, 0.15) is 0 Å². The molecule has 0 saturated heterocycles. The molecule has 12 heavy (non-hydrogen) atoms. The number of carbonyl (C=O) groups excluding carboxylic acids is 1. The van der Waals surface area contributed by atoms with Gasteiger partial charge in [-0.05, 0) is 6.08 Å². The Balaban J connectivity index is 2.23. The number of urea groups is 1. The molecule has 0 fully saturated rings. The van der Waals surface area contributed by atoms with E-state index in [9.17, 15) is 4.79 Å². The number of amides is 2. The summed E-state index contributed by atoms with van der Waals surface area (Å²) >= 11 is 0. The van der Waals surface area contributed by atoms with Gasteiger partial charge in [-0.25, -0.2) is 19.8 Å². The zero-order valence-corrected chi connectivity index (χ0v) is 6.14. The standard InChI is InChI=1S/C6H7N5O/c7-6(12)11-4-5-8-2-1-3-10(5)9-11/h1-4,9H,(H2,7,12). The molecule has 0 unspecified atom stereocenters. The van der Waals surface area contributed by atoms with Crippen molar-refractivity contribution >= 4 is 12.2 Å². The molecular weight excluding hydrogens is 158 g/mol. The monoisotopic (exact) mass is 165 g/mol. The number of aliphatic imine (C=N–C) groups is 1. The summed E-state index contributed by atoms with van der Waals surface area (Å²) in [5.74, 6) is 0.635. The van der Waals surface area contributed by atoms with Crippen LogP contribution < -0.4 is 11.3 Å². The number of nitrogens with zero attached hydrogens (tertiary/aromatic N) is 3. The first-order valence-corrected chi connectivity index (χ1v) is 3.34. The van der Waals surface area contributed by atoms with Crippen molar-refractivity contribution in [3.05, 3.63) is 24.3 Å². The fraction of sp³-hybridized carbons (Fsp3) is 0. The van der Waals surface area contributed by atoms with E-state index >= 15 is 0 Å². The van der Waals surface area contributed by atoms with Crippen LogP contribution >= 0.6 is 0 Å². The van der Waals surface area contributed by atoms with Crippen LogP contribution in [0.15, 0.2) is 29.3 Å². The number of primary amides is 1. The summed E-state index contributed by atoms with van der Waals surface area (Å²) in [6, 6.07) is -0.569. The highest BCUT2D eigenvalue weighted by Gasteiger charge is 2.21. The third-order valence-electron chi connectivity index (χ3n) is 1.47. The summed E-state index contributed by atoms with van der Waals surface area (Å²) in [6.45, 7) is 0. The minimum atomic E-state index is -0.569. The Hall–Kier alpha value is -1.82. The van der Waals surface area contributed by atoms with Gasteiger partial charge in [-0.1, -0.05) is 0 Å². The van der Waals surface area contributed by atoms with Crippen molar-refractivity contribution < 1.29 is 4.79 Å². The lowest BCUT2D eigenvalue weighted by Crippen LogP contribution is -2.43. The zero-order valence-electron chi connectivity index (χ0n) is 6.14. The third kappa shape index (κ3) is 0.940. The van der Waals surface area contributed by atoms with Gasteiger partial charge in [-0.2, -0.15) is 0 Å². The van der Waals surface area contributed by atoms with Gasteiger partial charge in [0, 0.05) is 12.4 Å². The van der Waals surface area contributed by atoms with Crippen LogP contribution in [-0.2, 0) is 0 Å². The van der Waals surface area contributed by atoms with Crippen molar-refractivity contribution in [2.45, 2.75) is 0 Å². The molecule has 0 aliphatic carbocycles. The maximum Gasteiger partial charge on any atom is 0.334 e. The minimum absolute atomic E-state index is 0.569. The Kier molecular flexibility index (Phi) is 1.34.